The molecule has 2 aromatic rings. The number of phosphoric ester groups is 1. The highest BCUT2D eigenvalue weighted by Gasteiger charge is 2.41. The predicted molar refractivity (Wildman–Crippen MR) is 84.1 cm³/mol. The van der Waals surface area contributed by atoms with E-state index in [1.165, 1.54) is 18.2 Å². The van der Waals surface area contributed by atoms with Gasteiger partial charge >= 0.3 is 20.2 Å². The van der Waals surface area contributed by atoms with Gasteiger partial charge in [0.05, 0.1) is 0 Å². The number of benzene rings is 2. The Morgan fingerprint density at radius 3 is 1.74 bits per heavy atom. The Hall–Kier alpha value is -2.03. The van der Waals surface area contributed by atoms with Gasteiger partial charge in [0.15, 0.2) is 13.2 Å². The van der Waals surface area contributed by atoms with E-state index in [1.807, 2.05) is 0 Å². The Morgan fingerprint density at radius 1 is 0.741 bits per heavy atom. The first-order valence-corrected chi connectivity index (χ1v) is 8.80. The lowest BCUT2D eigenvalue weighted by molar-refractivity contribution is -0.168. The molecule has 0 aliphatic rings. The molecule has 0 radical (unpaired) electrons. The maximum Gasteiger partial charge on any atom is 0.530 e. The van der Waals surface area contributed by atoms with E-state index in [-0.39, 0.29) is 11.3 Å². The second kappa shape index (κ2) is 8.33. The topological polar surface area (TPSA) is 44.8 Å². The van der Waals surface area contributed by atoms with Crippen LogP contribution in [0.15, 0.2) is 54.6 Å². The van der Waals surface area contributed by atoms with Crippen molar-refractivity contribution in [2.45, 2.75) is 12.4 Å². The van der Waals surface area contributed by atoms with Gasteiger partial charge in [-0.15, -0.1) is 0 Å². The van der Waals surface area contributed by atoms with E-state index in [1.54, 1.807) is 36.4 Å². The van der Waals surface area contributed by atoms with Gasteiger partial charge < -0.3 is 4.52 Å². The summed E-state index contributed by atoms with van der Waals surface area (Å²) < 4.78 is 99.6. The number of phosphoric acid groups is 1. The first-order valence-electron chi connectivity index (χ1n) is 7.34. The lowest BCUT2D eigenvalue weighted by Crippen LogP contribution is -2.21. The molecule has 11 heteroatoms. The van der Waals surface area contributed by atoms with E-state index in [0.717, 1.165) is 0 Å². The van der Waals surface area contributed by atoms with Crippen molar-refractivity contribution in [3.8, 4) is 16.9 Å². The van der Waals surface area contributed by atoms with E-state index in [4.69, 9.17) is 4.52 Å². The fourth-order valence-electron chi connectivity index (χ4n) is 1.92. The fourth-order valence-corrected chi connectivity index (χ4v) is 3.11. The SMILES string of the molecule is O=P(OCC(F)(F)F)(OCC(F)(F)F)Oc1ccccc1-c1ccccc1. The average molecular weight is 414 g/mol. The van der Waals surface area contributed by atoms with Gasteiger partial charge in [0.1, 0.15) is 5.75 Å². The van der Waals surface area contributed by atoms with Crippen molar-refractivity contribution >= 4 is 7.82 Å². The molecular weight excluding hydrogens is 401 g/mol. The highest BCUT2D eigenvalue weighted by molar-refractivity contribution is 7.48. The van der Waals surface area contributed by atoms with Crippen molar-refractivity contribution in [1.82, 2.24) is 0 Å². The van der Waals surface area contributed by atoms with E-state index in [9.17, 15) is 30.9 Å². The first-order chi connectivity index (χ1) is 12.5. The first kappa shape index (κ1) is 21.3. The van der Waals surface area contributed by atoms with Crippen molar-refractivity contribution in [3.05, 3.63) is 54.6 Å². The van der Waals surface area contributed by atoms with Crippen molar-refractivity contribution in [2.75, 3.05) is 13.2 Å². The van der Waals surface area contributed by atoms with Gasteiger partial charge in [0.25, 0.3) is 0 Å². The van der Waals surface area contributed by atoms with Gasteiger partial charge in [-0.2, -0.15) is 26.3 Å². The van der Waals surface area contributed by atoms with Crippen LogP contribution in [0.5, 0.6) is 5.75 Å². The van der Waals surface area contributed by atoms with Crippen molar-refractivity contribution < 1.29 is 44.5 Å². The summed E-state index contributed by atoms with van der Waals surface area (Å²) in [7, 11) is -5.22. The summed E-state index contributed by atoms with van der Waals surface area (Å²) in [6, 6.07) is 14.0. The van der Waals surface area contributed by atoms with Gasteiger partial charge in [-0.05, 0) is 11.6 Å². The molecule has 4 nitrogen and oxygen atoms in total. The largest absolute Gasteiger partial charge is 0.530 e. The minimum absolute atomic E-state index is 0.253. The molecule has 0 amide bonds. The molecule has 2 aromatic carbocycles. The molecule has 0 bridgehead atoms. The molecule has 0 saturated heterocycles. The van der Waals surface area contributed by atoms with E-state index in [0.29, 0.717) is 5.56 Å². The maximum absolute atomic E-state index is 12.4. The van der Waals surface area contributed by atoms with Gasteiger partial charge in [0, 0.05) is 5.56 Å². The Labute approximate surface area is 150 Å². The fraction of sp³-hybridized carbons (Fsp3) is 0.250. The average Bonchev–Trinajstić information content (AvgIpc) is 2.59. The van der Waals surface area contributed by atoms with Crippen LogP contribution in [0, 0.1) is 0 Å². The Bertz CT molecular complexity index is 769. The highest BCUT2D eigenvalue weighted by atomic mass is 31.2. The lowest BCUT2D eigenvalue weighted by Gasteiger charge is -2.21. The molecule has 0 unspecified atom stereocenters. The summed E-state index contributed by atoms with van der Waals surface area (Å²) >= 11 is 0. The number of halogens is 6. The highest BCUT2D eigenvalue weighted by Crippen LogP contribution is 2.52. The minimum Gasteiger partial charge on any atom is -0.403 e. The second-order valence-electron chi connectivity index (χ2n) is 5.18. The second-order valence-corrected chi connectivity index (χ2v) is 6.77. The van der Waals surface area contributed by atoms with Crippen molar-refractivity contribution in [3.63, 3.8) is 0 Å². The standard InChI is InChI=1S/C16H13F6O4P/c17-15(18,19)10-24-27(23,25-11-16(20,21)22)26-14-9-5-4-8-13(14)12-6-2-1-3-7-12/h1-9H,10-11H2. The quantitative estimate of drug-likeness (QED) is 0.412. The van der Waals surface area contributed by atoms with Crippen LogP contribution in [0.25, 0.3) is 11.1 Å². The summed E-state index contributed by atoms with van der Waals surface area (Å²) in [5.74, 6) is -0.253. The lowest BCUT2D eigenvalue weighted by atomic mass is 10.1. The molecule has 0 aliphatic carbocycles. The van der Waals surface area contributed by atoms with Crippen molar-refractivity contribution in [1.29, 1.82) is 0 Å². The summed E-state index contributed by atoms with van der Waals surface area (Å²) in [6.07, 6.45) is -9.89. The van der Waals surface area contributed by atoms with E-state index >= 15 is 0 Å². The normalized spacial score (nSPS) is 12.8. The monoisotopic (exact) mass is 414 g/mol. The third kappa shape index (κ3) is 7.24. The van der Waals surface area contributed by atoms with Crippen LogP contribution in [0.4, 0.5) is 26.3 Å². The number of alkyl halides is 6. The van der Waals surface area contributed by atoms with Crippen LogP contribution in [0.2, 0.25) is 0 Å². The maximum atomic E-state index is 12.4. The molecule has 0 aliphatic heterocycles. The molecule has 0 fully saturated rings. The Balaban J connectivity index is 2.31. The molecule has 0 aromatic heterocycles. The molecular formula is C16H13F6O4P. The van der Waals surface area contributed by atoms with E-state index in [2.05, 4.69) is 9.05 Å². The van der Waals surface area contributed by atoms with Gasteiger partial charge in [0.2, 0.25) is 0 Å². The molecule has 0 spiro atoms. The summed E-state index contributed by atoms with van der Waals surface area (Å²) in [5, 5.41) is 0. The molecule has 0 atom stereocenters. The number of hydrogen-bond donors (Lipinski definition) is 0. The van der Waals surface area contributed by atoms with Crippen LogP contribution in [-0.4, -0.2) is 25.6 Å². The van der Waals surface area contributed by atoms with Crippen LogP contribution in [0.3, 0.4) is 0 Å². The van der Waals surface area contributed by atoms with Gasteiger partial charge in [-0.1, -0.05) is 48.5 Å². The van der Waals surface area contributed by atoms with Gasteiger partial charge in [-0.3, -0.25) is 9.05 Å². The zero-order valence-electron chi connectivity index (χ0n) is 13.5. The molecule has 2 rings (SSSR count). The summed E-state index contributed by atoms with van der Waals surface area (Å²) in [5.41, 5.74) is 0.816. The molecule has 0 heterocycles. The minimum atomic E-state index is -5.22. The van der Waals surface area contributed by atoms with Crippen LogP contribution in [-0.2, 0) is 13.6 Å². The smallest absolute Gasteiger partial charge is 0.403 e. The summed E-state index contributed by atoms with van der Waals surface area (Å²) in [4.78, 5) is 0. The third-order valence-electron chi connectivity index (χ3n) is 2.95. The number of rotatable bonds is 7. The molecule has 27 heavy (non-hydrogen) atoms. The molecule has 0 saturated carbocycles. The predicted octanol–water partition coefficient (Wildman–Crippen LogP) is 6.00. The van der Waals surface area contributed by atoms with Crippen LogP contribution < -0.4 is 4.52 Å². The third-order valence-corrected chi connectivity index (χ3v) is 4.27. The van der Waals surface area contributed by atoms with E-state index < -0.39 is 33.4 Å². The van der Waals surface area contributed by atoms with Crippen LogP contribution in [0.1, 0.15) is 0 Å². The van der Waals surface area contributed by atoms with Crippen LogP contribution >= 0.6 is 7.82 Å². The Kier molecular flexibility index (Phi) is 6.56. The molecule has 148 valence electrons. The van der Waals surface area contributed by atoms with Gasteiger partial charge in [-0.25, -0.2) is 4.57 Å². The zero-order chi connectivity index (χ0) is 20.1. The zero-order valence-corrected chi connectivity index (χ0v) is 14.4. The summed E-state index contributed by atoms with van der Waals surface area (Å²) in [6.45, 7) is -4.20. The number of para-hydroxylation sites is 1. The van der Waals surface area contributed by atoms with Crippen molar-refractivity contribution in [2.24, 2.45) is 0 Å². The number of hydrogen-bond acceptors (Lipinski definition) is 4. The Morgan fingerprint density at radius 2 is 1.22 bits per heavy atom. The molecule has 0 N–H and O–H groups in total.